The largest absolute Gasteiger partial charge is 0.379 e. The maximum atomic E-state index is 4.51. The van der Waals surface area contributed by atoms with E-state index in [1.165, 1.54) is 0 Å². The summed E-state index contributed by atoms with van der Waals surface area (Å²) in [5.41, 5.74) is 5.55. The minimum Gasteiger partial charge on any atom is -0.379 e. The molecule has 142 valence electrons. The molecule has 0 aliphatic carbocycles. The lowest BCUT2D eigenvalue weighted by atomic mass is 10.2. The molecule has 3 aromatic heterocycles. The third-order valence-corrected chi connectivity index (χ3v) is 12.4. The van der Waals surface area contributed by atoms with Crippen LogP contribution in [0, 0.1) is 0 Å². The van der Waals surface area contributed by atoms with Gasteiger partial charge in [0.1, 0.15) is 12.0 Å². The lowest BCUT2D eigenvalue weighted by molar-refractivity contribution is 0.766. The molecule has 0 unspecified atom stereocenters. The van der Waals surface area contributed by atoms with Crippen molar-refractivity contribution in [2.24, 2.45) is 0 Å². The van der Waals surface area contributed by atoms with Crippen LogP contribution >= 0.6 is 0 Å². The smallest absolute Gasteiger partial charge is 0.168 e. The molecule has 0 radical (unpaired) electrons. The molecule has 0 atom stereocenters. The van der Waals surface area contributed by atoms with Crippen LogP contribution in [-0.2, 0) is 0 Å². The van der Waals surface area contributed by atoms with Crippen LogP contribution in [0.3, 0.4) is 0 Å². The maximum absolute atomic E-state index is 4.51. The van der Waals surface area contributed by atoms with Gasteiger partial charge in [0.25, 0.3) is 0 Å². The van der Waals surface area contributed by atoms with Crippen LogP contribution in [-0.4, -0.2) is 32.4 Å². The van der Waals surface area contributed by atoms with Crippen molar-refractivity contribution in [3.63, 3.8) is 0 Å². The first-order valence-corrected chi connectivity index (χ1v) is 11.8. The lowest BCUT2D eigenvalue weighted by Gasteiger charge is -2.44. The molecule has 0 spiro atoms. The van der Waals surface area contributed by atoms with Crippen LogP contribution in [0.25, 0.3) is 22.6 Å². The standard InChI is InChI=1S/C21H29N5Si/c1-15(2)27(16(3)4,17(5)6)26-10-7-18(13-26)19-11-20(25-14-24-19)21-12-22-8-9-23-21/h7-17H,1-6H3. The molecule has 5 nitrogen and oxygen atoms in total. The summed E-state index contributed by atoms with van der Waals surface area (Å²) in [6, 6.07) is 4.17. The zero-order valence-electron chi connectivity index (χ0n) is 17.1. The summed E-state index contributed by atoms with van der Waals surface area (Å²) < 4.78 is 2.53. The Kier molecular flexibility index (Phi) is 5.55. The fourth-order valence-corrected chi connectivity index (χ4v) is 11.3. The number of rotatable bonds is 6. The van der Waals surface area contributed by atoms with E-state index < -0.39 is 8.24 Å². The third kappa shape index (κ3) is 3.46. The van der Waals surface area contributed by atoms with E-state index in [0.717, 1.165) is 22.6 Å². The molecule has 0 saturated heterocycles. The van der Waals surface area contributed by atoms with E-state index in [9.17, 15) is 0 Å². The fraction of sp³-hybridized carbons (Fsp3) is 0.429. The highest BCUT2D eigenvalue weighted by Gasteiger charge is 2.44. The number of nitrogens with zero attached hydrogens (tertiary/aromatic N) is 5. The van der Waals surface area contributed by atoms with Crippen molar-refractivity contribution in [3.05, 3.63) is 49.4 Å². The highest BCUT2D eigenvalue weighted by molar-refractivity contribution is 6.82. The van der Waals surface area contributed by atoms with Gasteiger partial charge in [-0.25, -0.2) is 9.97 Å². The van der Waals surface area contributed by atoms with E-state index in [0.29, 0.717) is 16.6 Å². The molecular weight excluding hydrogens is 350 g/mol. The minimum atomic E-state index is -1.74. The first-order valence-electron chi connectivity index (χ1n) is 9.64. The van der Waals surface area contributed by atoms with E-state index in [4.69, 9.17) is 0 Å². The van der Waals surface area contributed by atoms with E-state index in [-0.39, 0.29) is 0 Å². The summed E-state index contributed by atoms with van der Waals surface area (Å²) in [4.78, 5) is 17.4. The molecule has 3 aromatic rings. The van der Waals surface area contributed by atoms with Crippen molar-refractivity contribution < 1.29 is 0 Å². The van der Waals surface area contributed by atoms with Gasteiger partial charge in [-0.3, -0.25) is 9.97 Å². The summed E-state index contributed by atoms with van der Waals surface area (Å²) in [6.45, 7) is 14.3. The molecule has 27 heavy (non-hydrogen) atoms. The van der Waals surface area contributed by atoms with Crippen molar-refractivity contribution in [1.82, 2.24) is 24.2 Å². The van der Waals surface area contributed by atoms with E-state index in [1.807, 2.05) is 6.07 Å². The lowest BCUT2D eigenvalue weighted by Crippen LogP contribution is -2.51. The highest BCUT2D eigenvalue weighted by atomic mass is 28.3. The van der Waals surface area contributed by atoms with Crippen molar-refractivity contribution >= 4 is 8.24 Å². The Balaban J connectivity index is 2.03. The molecule has 0 aromatic carbocycles. The van der Waals surface area contributed by atoms with Crippen LogP contribution < -0.4 is 0 Å². The zero-order chi connectivity index (χ0) is 19.6. The van der Waals surface area contributed by atoms with Crippen LogP contribution in [0.2, 0.25) is 16.6 Å². The topological polar surface area (TPSA) is 56.5 Å². The van der Waals surface area contributed by atoms with Crippen molar-refractivity contribution in [2.75, 3.05) is 0 Å². The quantitative estimate of drug-likeness (QED) is 0.536. The molecule has 0 N–H and O–H groups in total. The number of hydrogen-bond acceptors (Lipinski definition) is 4. The Morgan fingerprint density at radius 2 is 1.48 bits per heavy atom. The van der Waals surface area contributed by atoms with Crippen LogP contribution in [0.15, 0.2) is 49.4 Å². The molecule has 3 rings (SSSR count). The Hall–Kier alpha value is -2.34. The van der Waals surface area contributed by atoms with Crippen LogP contribution in [0.4, 0.5) is 0 Å². The Morgan fingerprint density at radius 3 is 2.07 bits per heavy atom. The monoisotopic (exact) mass is 379 g/mol. The molecule has 3 heterocycles. The summed E-state index contributed by atoms with van der Waals surface area (Å²) >= 11 is 0. The predicted molar refractivity (Wildman–Crippen MR) is 113 cm³/mol. The second kappa shape index (κ2) is 7.72. The summed E-state index contributed by atoms with van der Waals surface area (Å²) in [5.74, 6) is 0. The Bertz CT molecular complexity index is 865. The first-order chi connectivity index (χ1) is 12.9. The van der Waals surface area contributed by atoms with Gasteiger partial charge in [-0.05, 0) is 35.0 Å². The summed E-state index contributed by atoms with van der Waals surface area (Å²) in [6.07, 6.45) is 11.2. The van der Waals surface area contributed by atoms with Gasteiger partial charge in [0.2, 0.25) is 0 Å². The fourth-order valence-electron chi connectivity index (χ4n) is 4.77. The third-order valence-electron chi connectivity index (χ3n) is 5.70. The van der Waals surface area contributed by atoms with Gasteiger partial charge in [-0.2, -0.15) is 0 Å². The summed E-state index contributed by atoms with van der Waals surface area (Å²) in [7, 11) is -1.74. The molecular formula is C21H29N5Si. The van der Waals surface area contributed by atoms with Crippen LogP contribution in [0.1, 0.15) is 41.5 Å². The van der Waals surface area contributed by atoms with Gasteiger partial charge < -0.3 is 4.23 Å². The predicted octanol–water partition coefficient (Wildman–Crippen LogP) is 5.43. The first kappa shape index (κ1) is 19.4. The second-order valence-electron chi connectivity index (χ2n) is 8.04. The minimum absolute atomic E-state index is 0.651. The highest BCUT2D eigenvalue weighted by Crippen LogP contribution is 2.43. The summed E-state index contributed by atoms with van der Waals surface area (Å²) in [5, 5.41) is 0. The SMILES string of the molecule is CC(C)[Si](C(C)C)(C(C)C)n1ccc(-c2cc(-c3cnccn3)ncn2)c1. The zero-order valence-corrected chi connectivity index (χ0v) is 18.1. The molecule has 0 bridgehead atoms. The maximum Gasteiger partial charge on any atom is 0.168 e. The van der Waals surface area contributed by atoms with E-state index in [2.05, 4.69) is 84.2 Å². The average Bonchev–Trinajstić information content (AvgIpc) is 3.12. The average molecular weight is 380 g/mol. The normalized spacial score (nSPS) is 12.3. The van der Waals surface area contributed by atoms with Crippen molar-refractivity contribution in [3.8, 4) is 22.6 Å². The molecule has 0 aliphatic heterocycles. The van der Waals surface area contributed by atoms with Gasteiger partial charge in [0.05, 0.1) is 17.6 Å². The van der Waals surface area contributed by atoms with Crippen molar-refractivity contribution in [2.45, 2.75) is 58.2 Å². The Morgan fingerprint density at radius 1 is 0.815 bits per heavy atom. The van der Waals surface area contributed by atoms with Gasteiger partial charge in [-0.1, -0.05) is 41.5 Å². The van der Waals surface area contributed by atoms with Gasteiger partial charge in [0, 0.05) is 24.2 Å². The molecule has 6 heteroatoms. The van der Waals surface area contributed by atoms with Crippen LogP contribution in [0.5, 0.6) is 0 Å². The van der Waals surface area contributed by atoms with Gasteiger partial charge in [-0.15, -0.1) is 0 Å². The molecule has 0 aliphatic rings. The molecule has 0 saturated carbocycles. The van der Waals surface area contributed by atoms with E-state index >= 15 is 0 Å². The molecule has 0 fully saturated rings. The number of aromatic nitrogens is 5. The van der Waals surface area contributed by atoms with E-state index in [1.54, 1.807) is 24.9 Å². The Labute approximate surface area is 163 Å². The van der Waals surface area contributed by atoms with Gasteiger partial charge >= 0.3 is 0 Å². The van der Waals surface area contributed by atoms with Gasteiger partial charge in [0.15, 0.2) is 8.24 Å². The van der Waals surface area contributed by atoms with Crippen molar-refractivity contribution in [1.29, 1.82) is 0 Å². The molecule has 0 amide bonds. The number of hydrogen-bond donors (Lipinski definition) is 0. The second-order valence-corrected chi connectivity index (χ2v) is 13.8.